The van der Waals surface area contributed by atoms with E-state index in [0.29, 0.717) is 36.8 Å². The minimum Gasteiger partial charge on any atom is -0.486 e. The average molecular weight is 321 g/mol. The van der Waals surface area contributed by atoms with Crippen molar-refractivity contribution in [2.24, 2.45) is 0 Å². The molecule has 1 atom stereocenters. The monoisotopic (exact) mass is 321 g/mol. The molecule has 0 saturated carbocycles. The van der Waals surface area contributed by atoms with Crippen molar-refractivity contribution in [2.45, 2.75) is 18.9 Å². The molecule has 1 N–H and O–H groups in total. The molecule has 7 heteroatoms. The summed E-state index contributed by atoms with van der Waals surface area (Å²) >= 11 is 0. The van der Waals surface area contributed by atoms with Gasteiger partial charge in [0.05, 0.1) is 11.7 Å². The van der Waals surface area contributed by atoms with Crippen LogP contribution in [-0.2, 0) is 14.3 Å². The van der Waals surface area contributed by atoms with E-state index in [0.717, 1.165) is 19.4 Å². The number of ether oxygens (including phenoxy) is 4. The number of amides is 1. The third-order valence-electron chi connectivity index (χ3n) is 3.66. The van der Waals surface area contributed by atoms with E-state index in [1.54, 1.807) is 18.2 Å². The molecule has 1 saturated heterocycles. The maximum atomic E-state index is 12.0. The largest absolute Gasteiger partial charge is 0.486 e. The topological polar surface area (TPSA) is 83.1 Å². The number of nitrogens with one attached hydrogen (secondary N) is 1. The molecule has 0 spiro atoms. The molecule has 23 heavy (non-hydrogen) atoms. The van der Waals surface area contributed by atoms with Crippen molar-refractivity contribution in [3.8, 4) is 11.5 Å². The fraction of sp³-hybridized carbons (Fsp3) is 0.500. The summed E-state index contributed by atoms with van der Waals surface area (Å²) in [6.07, 6.45) is 2.02. The van der Waals surface area contributed by atoms with E-state index >= 15 is 0 Å². The molecule has 124 valence electrons. The number of hydrogen-bond donors (Lipinski definition) is 1. The lowest BCUT2D eigenvalue weighted by Gasteiger charge is -2.18. The SMILES string of the molecule is O=C(COC(=O)c1ccc2c(c1)OCCO2)NCC1CCCO1. The van der Waals surface area contributed by atoms with Crippen LogP contribution in [0.1, 0.15) is 23.2 Å². The van der Waals surface area contributed by atoms with Crippen molar-refractivity contribution >= 4 is 11.9 Å². The van der Waals surface area contributed by atoms with Gasteiger partial charge in [0.25, 0.3) is 5.91 Å². The number of fused-ring (bicyclic) bond motifs is 1. The maximum absolute atomic E-state index is 12.0. The molecule has 2 heterocycles. The standard InChI is InChI=1S/C16H19NO6/c18-15(17-9-12-2-1-5-20-12)10-23-16(19)11-3-4-13-14(8-11)22-7-6-21-13/h3-4,8,12H,1-2,5-7,9-10H2,(H,17,18). The van der Waals surface area contributed by atoms with Crippen molar-refractivity contribution in [1.82, 2.24) is 5.32 Å². The Kier molecular flexibility index (Phi) is 4.97. The zero-order valence-corrected chi connectivity index (χ0v) is 12.7. The minimum absolute atomic E-state index is 0.0625. The van der Waals surface area contributed by atoms with Gasteiger partial charge in [-0.3, -0.25) is 4.79 Å². The van der Waals surface area contributed by atoms with Crippen LogP contribution in [0.5, 0.6) is 11.5 Å². The molecule has 7 nitrogen and oxygen atoms in total. The van der Waals surface area contributed by atoms with E-state index in [-0.39, 0.29) is 18.6 Å². The fourth-order valence-corrected chi connectivity index (χ4v) is 2.47. The third-order valence-corrected chi connectivity index (χ3v) is 3.66. The Bertz CT molecular complexity index is 582. The molecule has 2 aliphatic rings. The first kappa shape index (κ1) is 15.6. The van der Waals surface area contributed by atoms with Crippen molar-refractivity contribution in [3.63, 3.8) is 0 Å². The molecular formula is C16H19NO6. The lowest BCUT2D eigenvalue weighted by Crippen LogP contribution is -2.34. The first-order valence-electron chi connectivity index (χ1n) is 7.67. The van der Waals surface area contributed by atoms with Gasteiger partial charge in [0.1, 0.15) is 13.2 Å². The molecule has 2 aliphatic heterocycles. The Morgan fingerprint density at radius 3 is 2.78 bits per heavy atom. The molecule has 3 rings (SSSR count). The Morgan fingerprint density at radius 1 is 1.17 bits per heavy atom. The van der Waals surface area contributed by atoms with Crippen LogP contribution in [0.4, 0.5) is 0 Å². The number of rotatable bonds is 5. The summed E-state index contributed by atoms with van der Waals surface area (Å²) in [4.78, 5) is 23.7. The van der Waals surface area contributed by atoms with Crippen molar-refractivity contribution < 1.29 is 28.5 Å². The third kappa shape index (κ3) is 4.13. The minimum atomic E-state index is -0.575. The molecule has 1 aromatic carbocycles. The number of carbonyl (C=O) groups is 2. The molecule has 1 amide bonds. The van der Waals surface area contributed by atoms with Gasteiger partial charge in [-0.1, -0.05) is 0 Å². The molecule has 1 aromatic rings. The second kappa shape index (κ2) is 7.32. The summed E-state index contributed by atoms with van der Waals surface area (Å²) in [7, 11) is 0. The van der Waals surface area contributed by atoms with Crippen molar-refractivity contribution in [2.75, 3.05) is 33.0 Å². The number of esters is 1. The molecule has 0 bridgehead atoms. The molecule has 0 radical (unpaired) electrons. The lowest BCUT2D eigenvalue weighted by molar-refractivity contribution is -0.124. The van der Waals surface area contributed by atoms with Gasteiger partial charge in [0, 0.05) is 13.2 Å². The number of benzene rings is 1. The molecule has 1 fully saturated rings. The Labute approximate surface area is 133 Å². The highest BCUT2D eigenvalue weighted by Crippen LogP contribution is 2.30. The Balaban J connectivity index is 1.46. The highest BCUT2D eigenvalue weighted by molar-refractivity contribution is 5.92. The van der Waals surface area contributed by atoms with Crippen LogP contribution in [0.15, 0.2) is 18.2 Å². The van der Waals surface area contributed by atoms with E-state index in [9.17, 15) is 9.59 Å². The summed E-state index contributed by atoms with van der Waals surface area (Å²) in [5.74, 6) is 0.191. The van der Waals surface area contributed by atoms with Gasteiger partial charge in [0.15, 0.2) is 18.1 Å². The van der Waals surface area contributed by atoms with Crippen LogP contribution >= 0.6 is 0 Å². The zero-order valence-electron chi connectivity index (χ0n) is 12.7. The second-order valence-electron chi connectivity index (χ2n) is 5.37. The van der Waals surface area contributed by atoms with Gasteiger partial charge < -0.3 is 24.3 Å². The van der Waals surface area contributed by atoms with Gasteiger partial charge in [-0.25, -0.2) is 4.79 Å². The quantitative estimate of drug-likeness (QED) is 0.812. The van der Waals surface area contributed by atoms with Crippen LogP contribution in [0.3, 0.4) is 0 Å². The Hall–Kier alpha value is -2.28. The van der Waals surface area contributed by atoms with Crippen LogP contribution in [0.25, 0.3) is 0 Å². The lowest BCUT2D eigenvalue weighted by atomic mass is 10.2. The first-order valence-corrected chi connectivity index (χ1v) is 7.67. The van der Waals surface area contributed by atoms with E-state index < -0.39 is 5.97 Å². The van der Waals surface area contributed by atoms with E-state index in [2.05, 4.69) is 5.32 Å². The van der Waals surface area contributed by atoms with Crippen molar-refractivity contribution in [3.05, 3.63) is 23.8 Å². The second-order valence-corrected chi connectivity index (χ2v) is 5.37. The van der Waals surface area contributed by atoms with E-state index in [1.165, 1.54) is 0 Å². The van der Waals surface area contributed by atoms with Gasteiger partial charge in [-0.05, 0) is 31.0 Å². The van der Waals surface area contributed by atoms with E-state index in [4.69, 9.17) is 18.9 Å². The predicted octanol–water partition coefficient (Wildman–Crippen LogP) is 0.910. The molecule has 1 unspecified atom stereocenters. The van der Waals surface area contributed by atoms with Crippen LogP contribution in [-0.4, -0.2) is 51.0 Å². The summed E-state index contributed by atoms with van der Waals surface area (Å²) in [6, 6.07) is 4.80. The van der Waals surface area contributed by atoms with Crippen LogP contribution in [0.2, 0.25) is 0 Å². The van der Waals surface area contributed by atoms with Crippen LogP contribution in [0, 0.1) is 0 Å². The van der Waals surface area contributed by atoms with Gasteiger partial charge in [-0.15, -0.1) is 0 Å². The van der Waals surface area contributed by atoms with Gasteiger partial charge in [-0.2, -0.15) is 0 Å². The van der Waals surface area contributed by atoms with Crippen LogP contribution < -0.4 is 14.8 Å². The summed E-state index contributed by atoms with van der Waals surface area (Å²) < 4.78 is 21.2. The molecule has 0 aliphatic carbocycles. The normalized spacial score (nSPS) is 19.2. The predicted molar refractivity (Wildman–Crippen MR) is 79.7 cm³/mol. The van der Waals surface area contributed by atoms with Gasteiger partial charge in [0.2, 0.25) is 0 Å². The summed E-state index contributed by atoms with van der Waals surface area (Å²) in [6.45, 7) is 1.79. The molecule has 0 aromatic heterocycles. The number of carbonyl (C=O) groups excluding carboxylic acids is 2. The smallest absolute Gasteiger partial charge is 0.338 e. The van der Waals surface area contributed by atoms with Crippen molar-refractivity contribution in [1.29, 1.82) is 0 Å². The first-order chi connectivity index (χ1) is 11.2. The fourth-order valence-electron chi connectivity index (χ4n) is 2.47. The number of hydrogen-bond acceptors (Lipinski definition) is 6. The molecular weight excluding hydrogens is 302 g/mol. The van der Waals surface area contributed by atoms with E-state index in [1.807, 2.05) is 0 Å². The average Bonchev–Trinajstić information content (AvgIpc) is 3.11. The summed E-state index contributed by atoms with van der Waals surface area (Å²) in [5.41, 5.74) is 0.321. The maximum Gasteiger partial charge on any atom is 0.338 e. The highest BCUT2D eigenvalue weighted by atomic mass is 16.6. The highest BCUT2D eigenvalue weighted by Gasteiger charge is 2.18. The Morgan fingerprint density at radius 2 is 2.00 bits per heavy atom. The summed E-state index contributed by atoms with van der Waals surface area (Å²) in [5, 5.41) is 2.70. The zero-order chi connectivity index (χ0) is 16.1. The van der Waals surface area contributed by atoms with Gasteiger partial charge >= 0.3 is 5.97 Å².